The van der Waals surface area contributed by atoms with Crippen LogP contribution in [0.25, 0.3) is 10.2 Å². The Balaban J connectivity index is 1.64. The fourth-order valence-electron chi connectivity index (χ4n) is 3.00. The number of nitro groups is 1. The van der Waals surface area contributed by atoms with Crippen molar-refractivity contribution in [1.29, 1.82) is 0 Å². The molecule has 2 aromatic carbocycles. The molecule has 0 spiro atoms. The number of aryl methyl sites for hydroxylation is 1. The van der Waals surface area contributed by atoms with Crippen molar-refractivity contribution in [3.63, 3.8) is 0 Å². The van der Waals surface area contributed by atoms with Gasteiger partial charge in [-0.05, 0) is 18.2 Å². The van der Waals surface area contributed by atoms with E-state index in [0.29, 0.717) is 10.3 Å². The minimum atomic E-state index is -0.661. The Bertz CT molecular complexity index is 1220. The lowest BCUT2D eigenvalue weighted by atomic mass is 10.1. The number of carbonyl (C=O) groups is 3. The predicted molar refractivity (Wildman–Crippen MR) is 99.8 cm³/mol. The van der Waals surface area contributed by atoms with E-state index in [4.69, 9.17) is 0 Å². The quantitative estimate of drug-likeness (QED) is 0.381. The number of nitrogens with zero attached hydrogens (tertiary/aromatic N) is 4. The van der Waals surface area contributed by atoms with Gasteiger partial charge in [0.25, 0.3) is 23.4 Å². The van der Waals surface area contributed by atoms with Gasteiger partial charge in [-0.15, -0.1) is 0 Å². The van der Waals surface area contributed by atoms with Crippen LogP contribution in [0.15, 0.2) is 47.5 Å². The number of benzene rings is 2. The van der Waals surface area contributed by atoms with Crippen LogP contribution in [0.5, 0.6) is 0 Å². The van der Waals surface area contributed by atoms with Gasteiger partial charge in [0.2, 0.25) is 0 Å². The van der Waals surface area contributed by atoms with Crippen LogP contribution in [0.3, 0.4) is 0 Å². The Morgan fingerprint density at radius 2 is 1.79 bits per heavy atom. The molecule has 2 heterocycles. The SMILES string of the molecule is Cn1c(=NC(=O)CN2C(=O)c3ccccc3C2=O)sc2ccc([N+](=O)[O-])cc21. The van der Waals surface area contributed by atoms with E-state index in [1.807, 2.05) is 0 Å². The second-order valence-electron chi connectivity index (χ2n) is 6.10. The summed E-state index contributed by atoms with van der Waals surface area (Å²) in [5, 5.41) is 10.9. The predicted octanol–water partition coefficient (Wildman–Crippen LogP) is 1.87. The van der Waals surface area contributed by atoms with Gasteiger partial charge in [0.05, 0.1) is 26.3 Å². The highest BCUT2D eigenvalue weighted by molar-refractivity contribution is 7.16. The van der Waals surface area contributed by atoms with E-state index in [9.17, 15) is 24.5 Å². The summed E-state index contributed by atoms with van der Waals surface area (Å²) in [5.41, 5.74) is 1.02. The zero-order valence-electron chi connectivity index (χ0n) is 14.5. The highest BCUT2D eigenvalue weighted by Gasteiger charge is 2.36. The van der Waals surface area contributed by atoms with Gasteiger partial charge in [0, 0.05) is 19.2 Å². The Kier molecular flexibility index (Phi) is 4.12. The molecule has 0 fully saturated rings. The topological polar surface area (TPSA) is 115 Å². The zero-order chi connectivity index (χ0) is 20.0. The number of carbonyl (C=O) groups excluding carboxylic acids is 3. The van der Waals surface area contributed by atoms with Crippen molar-refractivity contribution >= 4 is 45.0 Å². The second kappa shape index (κ2) is 6.50. The third-order valence-electron chi connectivity index (χ3n) is 4.39. The van der Waals surface area contributed by atoms with Crippen molar-refractivity contribution in [2.45, 2.75) is 0 Å². The molecule has 4 rings (SSSR count). The van der Waals surface area contributed by atoms with Gasteiger partial charge in [-0.3, -0.25) is 29.4 Å². The maximum atomic E-state index is 12.4. The van der Waals surface area contributed by atoms with E-state index < -0.39 is 29.2 Å². The van der Waals surface area contributed by atoms with E-state index >= 15 is 0 Å². The number of amides is 3. The molecule has 140 valence electrons. The van der Waals surface area contributed by atoms with Gasteiger partial charge in [0.1, 0.15) is 6.54 Å². The minimum absolute atomic E-state index is 0.0650. The minimum Gasteiger partial charge on any atom is -0.319 e. The summed E-state index contributed by atoms with van der Waals surface area (Å²) in [6.07, 6.45) is 0. The number of aromatic nitrogens is 1. The summed E-state index contributed by atoms with van der Waals surface area (Å²) < 4.78 is 2.29. The summed E-state index contributed by atoms with van der Waals surface area (Å²) in [4.78, 5) is 52.7. The smallest absolute Gasteiger partial charge is 0.271 e. The van der Waals surface area contributed by atoms with Crippen molar-refractivity contribution < 1.29 is 19.3 Å². The zero-order valence-corrected chi connectivity index (χ0v) is 15.3. The maximum Gasteiger partial charge on any atom is 0.271 e. The molecule has 3 amide bonds. The van der Waals surface area contributed by atoms with Crippen LogP contribution < -0.4 is 4.80 Å². The molecule has 0 aliphatic carbocycles. The van der Waals surface area contributed by atoms with Crippen molar-refractivity contribution in [3.05, 3.63) is 68.5 Å². The molecule has 3 aromatic rings. The van der Waals surface area contributed by atoms with Crippen molar-refractivity contribution in [2.24, 2.45) is 12.0 Å². The van der Waals surface area contributed by atoms with Crippen molar-refractivity contribution in [1.82, 2.24) is 9.47 Å². The summed E-state index contributed by atoms with van der Waals surface area (Å²) in [6.45, 7) is -0.471. The lowest BCUT2D eigenvalue weighted by Crippen LogP contribution is -2.35. The molecule has 0 radical (unpaired) electrons. The lowest BCUT2D eigenvalue weighted by Gasteiger charge is -2.10. The number of non-ortho nitro benzene ring substituents is 1. The number of fused-ring (bicyclic) bond motifs is 2. The first-order valence-electron chi connectivity index (χ1n) is 8.13. The first kappa shape index (κ1) is 17.7. The normalized spacial score (nSPS) is 14.0. The highest BCUT2D eigenvalue weighted by atomic mass is 32.1. The largest absolute Gasteiger partial charge is 0.319 e. The summed E-state index contributed by atoms with van der Waals surface area (Å²) in [7, 11) is 1.64. The van der Waals surface area contributed by atoms with Crippen LogP contribution in [0.4, 0.5) is 5.69 Å². The van der Waals surface area contributed by atoms with Gasteiger partial charge < -0.3 is 4.57 Å². The molecule has 0 atom stereocenters. The third kappa shape index (κ3) is 2.79. The average molecular weight is 396 g/mol. The Labute approximate surface area is 161 Å². The Morgan fingerprint density at radius 3 is 2.39 bits per heavy atom. The number of hydrogen-bond acceptors (Lipinski definition) is 6. The van der Waals surface area contributed by atoms with Gasteiger partial charge in [-0.25, -0.2) is 0 Å². The molecule has 28 heavy (non-hydrogen) atoms. The molecule has 0 bridgehead atoms. The van der Waals surface area contributed by atoms with Crippen LogP contribution in [0.1, 0.15) is 20.7 Å². The van der Waals surface area contributed by atoms with E-state index in [1.54, 1.807) is 29.8 Å². The van der Waals surface area contributed by atoms with Crippen LogP contribution in [0.2, 0.25) is 0 Å². The summed E-state index contributed by atoms with van der Waals surface area (Å²) in [6, 6.07) is 10.7. The molecular weight excluding hydrogens is 384 g/mol. The average Bonchev–Trinajstić information content (AvgIpc) is 3.11. The number of hydrogen-bond donors (Lipinski definition) is 0. The van der Waals surface area contributed by atoms with E-state index in [2.05, 4.69) is 4.99 Å². The fraction of sp³-hybridized carbons (Fsp3) is 0.111. The third-order valence-corrected chi connectivity index (χ3v) is 5.51. The first-order valence-corrected chi connectivity index (χ1v) is 8.95. The maximum absolute atomic E-state index is 12.4. The monoisotopic (exact) mass is 396 g/mol. The molecule has 1 aliphatic rings. The molecule has 0 saturated heterocycles. The Hall–Kier alpha value is -3.66. The molecule has 1 aromatic heterocycles. The molecule has 0 saturated carbocycles. The standard InChI is InChI=1S/C18H12N4O5S/c1-20-13-8-10(22(26)27)6-7-14(13)28-18(20)19-15(23)9-21-16(24)11-4-2-3-5-12(11)17(21)25/h2-8H,9H2,1H3. The summed E-state index contributed by atoms with van der Waals surface area (Å²) in [5.74, 6) is -1.72. The number of thiazole rings is 1. The van der Waals surface area contributed by atoms with Gasteiger partial charge in [-0.2, -0.15) is 4.99 Å². The second-order valence-corrected chi connectivity index (χ2v) is 7.11. The molecule has 9 nitrogen and oxygen atoms in total. The number of rotatable bonds is 3. The lowest BCUT2D eigenvalue weighted by molar-refractivity contribution is -0.384. The summed E-state index contributed by atoms with van der Waals surface area (Å²) >= 11 is 1.18. The van der Waals surface area contributed by atoms with E-state index in [1.165, 1.54) is 35.6 Å². The molecule has 10 heteroatoms. The van der Waals surface area contributed by atoms with Gasteiger partial charge in [0.15, 0.2) is 4.80 Å². The highest BCUT2D eigenvalue weighted by Crippen LogP contribution is 2.23. The van der Waals surface area contributed by atoms with Crippen molar-refractivity contribution in [2.75, 3.05) is 6.54 Å². The molecule has 0 N–H and O–H groups in total. The number of imide groups is 1. The molecular formula is C18H12N4O5S. The fourth-order valence-corrected chi connectivity index (χ4v) is 4.01. The Morgan fingerprint density at radius 1 is 1.14 bits per heavy atom. The van der Waals surface area contributed by atoms with E-state index in [-0.39, 0.29) is 16.8 Å². The van der Waals surface area contributed by atoms with Crippen LogP contribution in [-0.2, 0) is 11.8 Å². The van der Waals surface area contributed by atoms with Gasteiger partial charge in [-0.1, -0.05) is 23.5 Å². The first-order chi connectivity index (χ1) is 13.4. The molecule has 0 unspecified atom stereocenters. The van der Waals surface area contributed by atoms with E-state index in [0.717, 1.165) is 9.60 Å². The van der Waals surface area contributed by atoms with Crippen LogP contribution in [0, 0.1) is 10.1 Å². The van der Waals surface area contributed by atoms with Crippen molar-refractivity contribution in [3.8, 4) is 0 Å². The van der Waals surface area contributed by atoms with Crippen LogP contribution >= 0.6 is 11.3 Å². The van der Waals surface area contributed by atoms with Crippen LogP contribution in [-0.4, -0.2) is 38.7 Å². The molecule has 1 aliphatic heterocycles. The van der Waals surface area contributed by atoms with Gasteiger partial charge >= 0.3 is 0 Å². The number of nitro benzene ring substituents is 1.